The first-order valence-corrected chi connectivity index (χ1v) is 6.50. The second-order valence-corrected chi connectivity index (χ2v) is 4.89. The third-order valence-electron chi connectivity index (χ3n) is 3.41. The van der Waals surface area contributed by atoms with E-state index >= 15 is 0 Å². The Labute approximate surface area is 119 Å². The number of hydrogen-bond donors (Lipinski definition) is 1. The third-order valence-corrected chi connectivity index (χ3v) is 3.41. The molecule has 0 atom stereocenters. The summed E-state index contributed by atoms with van der Waals surface area (Å²) in [7, 11) is 1.73. The number of carboxylic acids is 1. The normalized spacial score (nSPS) is 14.0. The Morgan fingerprint density at radius 1 is 1.38 bits per heavy atom. The lowest BCUT2D eigenvalue weighted by Gasteiger charge is -2.30. The van der Waals surface area contributed by atoms with Crippen LogP contribution in [0.1, 0.15) is 16.9 Å². The van der Waals surface area contributed by atoms with Crippen molar-refractivity contribution in [2.45, 2.75) is 13.0 Å². The number of carboxylic acid groups (broad SMARTS) is 1. The molecule has 1 aliphatic rings. The number of hydrogen-bond acceptors (Lipinski definition) is 5. The number of carbonyl (C=O) groups excluding carboxylic acids is 1. The van der Waals surface area contributed by atoms with Gasteiger partial charge in [-0.25, -0.2) is 9.48 Å². The molecule has 0 aromatic carbocycles. The van der Waals surface area contributed by atoms with Crippen molar-refractivity contribution in [1.29, 1.82) is 0 Å². The first-order valence-electron chi connectivity index (χ1n) is 6.50. The molecule has 0 radical (unpaired) electrons. The zero-order valence-corrected chi connectivity index (χ0v) is 11.4. The monoisotopic (exact) mass is 290 g/mol. The van der Waals surface area contributed by atoms with E-state index in [0.29, 0.717) is 11.3 Å². The van der Waals surface area contributed by atoms with Crippen LogP contribution in [0.2, 0.25) is 0 Å². The standard InChI is InChI=1S/C12H14N6O3/c1-16-6-8(5-13-16)11-10(12(20)21)14-15-18(11)7-9(19)17-3-2-4-17/h5-6H,2-4,7H2,1H3,(H,20,21). The number of aromatic nitrogens is 5. The highest BCUT2D eigenvalue weighted by Crippen LogP contribution is 2.22. The van der Waals surface area contributed by atoms with E-state index in [0.717, 1.165) is 19.5 Å². The molecule has 9 nitrogen and oxygen atoms in total. The molecule has 21 heavy (non-hydrogen) atoms. The molecule has 0 bridgehead atoms. The van der Waals surface area contributed by atoms with Crippen LogP contribution >= 0.6 is 0 Å². The maximum Gasteiger partial charge on any atom is 0.358 e. The Kier molecular flexibility index (Phi) is 3.16. The highest BCUT2D eigenvalue weighted by Gasteiger charge is 2.26. The van der Waals surface area contributed by atoms with Gasteiger partial charge in [0.1, 0.15) is 12.2 Å². The first kappa shape index (κ1) is 13.3. The van der Waals surface area contributed by atoms with Crippen LogP contribution in [0.3, 0.4) is 0 Å². The van der Waals surface area contributed by atoms with Gasteiger partial charge in [-0.1, -0.05) is 5.21 Å². The average Bonchev–Trinajstić information content (AvgIpc) is 2.92. The van der Waals surface area contributed by atoms with E-state index in [1.807, 2.05) is 0 Å². The molecule has 0 unspecified atom stereocenters. The molecule has 0 saturated carbocycles. The van der Waals surface area contributed by atoms with Gasteiger partial charge in [0.25, 0.3) is 0 Å². The van der Waals surface area contributed by atoms with Gasteiger partial charge in [-0.3, -0.25) is 9.48 Å². The molecule has 2 aromatic heterocycles. The van der Waals surface area contributed by atoms with E-state index in [-0.39, 0.29) is 18.1 Å². The smallest absolute Gasteiger partial charge is 0.358 e. The molecular formula is C12H14N6O3. The van der Waals surface area contributed by atoms with Crippen molar-refractivity contribution in [2.75, 3.05) is 13.1 Å². The fraction of sp³-hybridized carbons (Fsp3) is 0.417. The Hall–Kier alpha value is -2.71. The van der Waals surface area contributed by atoms with Crippen molar-refractivity contribution in [2.24, 2.45) is 7.05 Å². The van der Waals surface area contributed by atoms with Gasteiger partial charge in [0.15, 0.2) is 5.69 Å². The van der Waals surface area contributed by atoms with Crippen LogP contribution in [-0.2, 0) is 18.4 Å². The van der Waals surface area contributed by atoms with E-state index in [1.165, 1.54) is 10.9 Å². The van der Waals surface area contributed by atoms with Crippen molar-refractivity contribution < 1.29 is 14.7 Å². The van der Waals surface area contributed by atoms with Gasteiger partial charge < -0.3 is 10.0 Å². The van der Waals surface area contributed by atoms with Crippen LogP contribution < -0.4 is 0 Å². The number of aromatic carboxylic acids is 1. The summed E-state index contributed by atoms with van der Waals surface area (Å²) in [6.45, 7) is 1.45. The summed E-state index contributed by atoms with van der Waals surface area (Å²) >= 11 is 0. The first-order chi connectivity index (χ1) is 10.1. The Balaban J connectivity index is 1.96. The van der Waals surface area contributed by atoms with Gasteiger partial charge in [0.05, 0.1) is 6.20 Å². The van der Waals surface area contributed by atoms with Crippen molar-refractivity contribution in [3.63, 3.8) is 0 Å². The molecule has 3 heterocycles. The molecule has 3 rings (SSSR count). The van der Waals surface area contributed by atoms with Gasteiger partial charge in [0.2, 0.25) is 5.91 Å². The van der Waals surface area contributed by atoms with Crippen molar-refractivity contribution >= 4 is 11.9 Å². The molecular weight excluding hydrogens is 276 g/mol. The van der Waals surface area contributed by atoms with Crippen molar-refractivity contribution in [3.05, 3.63) is 18.1 Å². The lowest BCUT2D eigenvalue weighted by molar-refractivity contribution is -0.135. The Morgan fingerprint density at radius 3 is 2.67 bits per heavy atom. The second-order valence-electron chi connectivity index (χ2n) is 4.89. The number of nitrogens with zero attached hydrogens (tertiary/aromatic N) is 6. The molecule has 0 spiro atoms. The van der Waals surface area contributed by atoms with Crippen LogP contribution in [0, 0.1) is 0 Å². The summed E-state index contributed by atoms with van der Waals surface area (Å²) in [5.41, 5.74) is 0.681. The molecule has 9 heteroatoms. The minimum atomic E-state index is -1.18. The molecule has 1 N–H and O–H groups in total. The second kappa shape index (κ2) is 5.00. The summed E-state index contributed by atoms with van der Waals surface area (Å²) < 4.78 is 2.87. The zero-order valence-electron chi connectivity index (χ0n) is 11.4. The van der Waals surface area contributed by atoms with Crippen molar-refractivity contribution in [1.82, 2.24) is 29.7 Å². The number of rotatable bonds is 4. The number of amides is 1. The zero-order chi connectivity index (χ0) is 15.0. The van der Waals surface area contributed by atoms with Gasteiger partial charge in [0, 0.05) is 31.9 Å². The fourth-order valence-corrected chi connectivity index (χ4v) is 2.19. The Morgan fingerprint density at radius 2 is 2.14 bits per heavy atom. The molecule has 1 saturated heterocycles. The summed E-state index contributed by atoms with van der Waals surface area (Å²) in [5.74, 6) is -1.27. The van der Waals surface area contributed by atoms with E-state index in [2.05, 4.69) is 15.4 Å². The number of likely N-dealkylation sites (tertiary alicyclic amines) is 1. The quantitative estimate of drug-likeness (QED) is 0.822. The molecule has 1 amide bonds. The van der Waals surface area contributed by atoms with Gasteiger partial charge in [-0.05, 0) is 6.42 Å². The Bertz CT molecular complexity index is 700. The van der Waals surface area contributed by atoms with Gasteiger partial charge in [-0.2, -0.15) is 5.10 Å². The topological polar surface area (TPSA) is 106 Å². The van der Waals surface area contributed by atoms with Gasteiger partial charge in [-0.15, -0.1) is 5.10 Å². The average molecular weight is 290 g/mol. The van der Waals surface area contributed by atoms with E-state index in [1.54, 1.807) is 22.8 Å². The van der Waals surface area contributed by atoms with E-state index in [4.69, 9.17) is 0 Å². The fourth-order valence-electron chi connectivity index (χ4n) is 2.19. The number of aryl methyl sites for hydroxylation is 1. The maximum atomic E-state index is 12.0. The molecule has 2 aromatic rings. The lowest BCUT2D eigenvalue weighted by atomic mass is 10.2. The minimum absolute atomic E-state index is 0.0233. The summed E-state index contributed by atoms with van der Waals surface area (Å²) in [6, 6.07) is 0. The molecule has 0 aliphatic carbocycles. The van der Waals surface area contributed by atoms with Crippen LogP contribution in [0.15, 0.2) is 12.4 Å². The summed E-state index contributed by atoms with van der Waals surface area (Å²) in [6.07, 6.45) is 4.18. The van der Waals surface area contributed by atoms with Crippen molar-refractivity contribution in [3.8, 4) is 11.3 Å². The van der Waals surface area contributed by atoms with E-state index < -0.39 is 5.97 Å². The minimum Gasteiger partial charge on any atom is -0.476 e. The molecule has 1 fully saturated rings. The van der Waals surface area contributed by atoms with E-state index in [9.17, 15) is 14.7 Å². The molecule has 1 aliphatic heterocycles. The largest absolute Gasteiger partial charge is 0.476 e. The van der Waals surface area contributed by atoms with Crippen LogP contribution in [0.25, 0.3) is 11.3 Å². The summed E-state index contributed by atoms with van der Waals surface area (Å²) in [5, 5.41) is 20.7. The van der Waals surface area contributed by atoms with Crippen LogP contribution in [0.4, 0.5) is 0 Å². The van der Waals surface area contributed by atoms with Crippen LogP contribution in [-0.4, -0.2) is 59.7 Å². The predicted molar refractivity (Wildman–Crippen MR) is 70.4 cm³/mol. The highest BCUT2D eigenvalue weighted by molar-refractivity contribution is 5.92. The molecule has 110 valence electrons. The predicted octanol–water partition coefficient (Wildman–Crippen LogP) is -0.391. The number of carbonyl (C=O) groups is 2. The van der Waals surface area contributed by atoms with Crippen LogP contribution in [0.5, 0.6) is 0 Å². The van der Waals surface area contributed by atoms with Gasteiger partial charge >= 0.3 is 5.97 Å². The maximum absolute atomic E-state index is 12.0. The lowest BCUT2D eigenvalue weighted by Crippen LogP contribution is -2.43. The third kappa shape index (κ3) is 2.37. The summed E-state index contributed by atoms with van der Waals surface area (Å²) in [4.78, 5) is 25.0. The SMILES string of the molecule is Cn1cc(-c2c(C(=O)O)nnn2CC(=O)N2CCC2)cn1. The highest BCUT2D eigenvalue weighted by atomic mass is 16.4.